The molecule has 0 radical (unpaired) electrons. The van der Waals surface area contributed by atoms with Gasteiger partial charge < -0.3 is 5.32 Å². The zero-order valence-corrected chi connectivity index (χ0v) is 11.5. The van der Waals surface area contributed by atoms with Crippen LogP contribution in [0, 0.1) is 29.6 Å². The van der Waals surface area contributed by atoms with E-state index in [-0.39, 0.29) is 6.04 Å². The quantitative estimate of drug-likeness (QED) is 0.926. The molecule has 0 aliphatic carbocycles. The van der Waals surface area contributed by atoms with E-state index in [4.69, 9.17) is 10.5 Å². The number of nitrogens with zero attached hydrogens (tertiary/aromatic N) is 3. The first-order chi connectivity index (χ1) is 9.15. The van der Waals surface area contributed by atoms with Crippen molar-refractivity contribution in [2.75, 3.05) is 5.32 Å². The maximum absolute atomic E-state index is 9.00. The fourth-order valence-electron chi connectivity index (χ4n) is 1.87. The summed E-state index contributed by atoms with van der Waals surface area (Å²) in [6.45, 7) is 4.02. The Hall–Kier alpha value is -2.37. The van der Waals surface area contributed by atoms with Crippen LogP contribution in [0.2, 0.25) is 0 Å². The smallest absolute Gasteiger partial charge is 0.101 e. The number of aryl methyl sites for hydroxylation is 1. The fraction of sp³-hybridized carbons (Fsp3) is 0.214. The highest BCUT2D eigenvalue weighted by Crippen LogP contribution is 2.26. The second kappa shape index (κ2) is 5.51. The minimum Gasteiger partial charge on any atom is -0.378 e. The van der Waals surface area contributed by atoms with Gasteiger partial charge in [-0.3, -0.25) is 0 Å². The SMILES string of the molecule is Cc1ncsc1C(C)Nc1ccc(C#N)c(C#N)c1. The zero-order valence-electron chi connectivity index (χ0n) is 10.6. The van der Waals surface area contributed by atoms with E-state index in [0.717, 1.165) is 11.4 Å². The van der Waals surface area contributed by atoms with E-state index in [2.05, 4.69) is 10.3 Å². The van der Waals surface area contributed by atoms with Crippen LogP contribution in [0.25, 0.3) is 0 Å². The van der Waals surface area contributed by atoms with Crippen molar-refractivity contribution >= 4 is 17.0 Å². The van der Waals surface area contributed by atoms with Crippen molar-refractivity contribution in [1.29, 1.82) is 10.5 Å². The van der Waals surface area contributed by atoms with Crippen molar-refractivity contribution in [3.8, 4) is 12.1 Å². The Labute approximate surface area is 116 Å². The van der Waals surface area contributed by atoms with Crippen LogP contribution in [0.3, 0.4) is 0 Å². The summed E-state index contributed by atoms with van der Waals surface area (Å²) in [5.74, 6) is 0. The van der Waals surface area contributed by atoms with Crippen LogP contribution in [0.4, 0.5) is 5.69 Å². The van der Waals surface area contributed by atoms with Gasteiger partial charge in [0, 0.05) is 10.6 Å². The van der Waals surface area contributed by atoms with Crippen molar-refractivity contribution in [2.45, 2.75) is 19.9 Å². The molecule has 94 valence electrons. The van der Waals surface area contributed by atoms with Crippen LogP contribution in [0.15, 0.2) is 23.7 Å². The summed E-state index contributed by atoms with van der Waals surface area (Å²) in [4.78, 5) is 5.39. The number of thiazole rings is 1. The van der Waals surface area contributed by atoms with Gasteiger partial charge in [0.05, 0.1) is 28.4 Å². The molecule has 0 bridgehead atoms. The number of hydrogen-bond acceptors (Lipinski definition) is 5. The Morgan fingerprint density at radius 1 is 1.26 bits per heavy atom. The highest BCUT2D eigenvalue weighted by molar-refractivity contribution is 7.09. The summed E-state index contributed by atoms with van der Waals surface area (Å²) in [7, 11) is 0. The molecule has 1 N–H and O–H groups in total. The van der Waals surface area contributed by atoms with E-state index in [0.29, 0.717) is 11.1 Å². The summed E-state index contributed by atoms with van der Waals surface area (Å²) in [5, 5.41) is 21.2. The molecule has 0 spiro atoms. The van der Waals surface area contributed by atoms with Crippen molar-refractivity contribution in [3.05, 3.63) is 45.4 Å². The molecule has 5 heteroatoms. The third-order valence-electron chi connectivity index (χ3n) is 2.82. The topological polar surface area (TPSA) is 72.5 Å². The third-order valence-corrected chi connectivity index (χ3v) is 3.93. The highest BCUT2D eigenvalue weighted by atomic mass is 32.1. The van der Waals surface area contributed by atoms with Gasteiger partial charge in [-0.2, -0.15) is 10.5 Å². The van der Waals surface area contributed by atoms with E-state index in [1.54, 1.807) is 23.5 Å². The summed E-state index contributed by atoms with van der Waals surface area (Å²) < 4.78 is 0. The van der Waals surface area contributed by atoms with Crippen LogP contribution in [0.1, 0.15) is 34.7 Å². The van der Waals surface area contributed by atoms with Gasteiger partial charge >= 0.3 is 0 Å². The molecule has 2 aromatic rings. The lowest BCUT2D eigenvalue weighted by atomic mass is 10.1. The number of nitrogens with one attached hydrogen (secondary N) is 1. The van der Waals surface area contributed by atoms with Crippen LogP contribution in [-0.2, 0) is 0 Å². The lowest BCUT2D eigenvalue weighted by Gasteiger charge is -2.14. The van der Waals surface area contributed by atoms with E-state index in [9.17, 15) is 0 Å². The van der Waals surface area contributed by atoms with Gasteiger partial charge in [-0.15, -0.1) is 11.3 Å². The second-order valence-corrected chi connectivity index (χ2v) is 5.04. The minimum atomic E-state index is 0.118. The molecule has 1 heterocycles. The van der Waals surface area contributed by atoms with Gasteiger partial charge in [0.15, 0.2) is 0 Å². The lowest BCUT2D eigenvalue weighted by Crippen LogP contribution is -2.06. The van der Waals surface area contributed by atoms with Crippen LogP contribution in [-0.4, -0.2) is 4.98 Å². The molecule has 4 nitrogen and oxygen atoms in total. The summed E-state index contributed by atoms with van der Waals surface area (Å²) in [6, 6.07) is 9.33. The predicted octanol–water partition coefficient (Wildman–Crippen LogP) is 3.37. The molecule has 2 rings (SSSR count). The molecule has 1 atom stereocenters. The van der Waals surface area contributed by atoms with Gasteiger partial charge in [-0.1, -0.05) is 0 Å². The van der Waals surface area contributed by atoms with Crippen molar-refractivity contribution in [1.82, 2.24) is 4.98 Å². The Balaban J connectivity index is 2.23. The third kappa shape index (κ3) is 2.73. The van der Waals surface area contributed by atoms with Gasteiger partial charge in [0.2, 0.25) is 0 Å². The molecule has 0 amide bonds. The van der Waals surface area contributed by atoms with Crippen LogP contribution >= 0.6 is 11.3 Å². The molecule has 19 heavy (non-hydrogen) atoms. The van der Waals surface area contributed by atoms with E-state index >= 15 is 0 Å². The monoisotopic (exact) mass is 268 g/mol. The Kier molecular flexibility index (Phi) is 3.79. The predicted molar refractivity (Wildman–Crippen MR) is 74.8 cm³/mol. The normalized spacial score (nSPS) is 11.4. The maximum Gasteiger partial charge on any atom is 0.101 e. The molecule has 0 aliphatic heterocycles. The van der Waals surface area contributed by atoms with Gasteiger partial charge in [-0.05, 0) is 32.0 Å². The van der Waals surface area contributed by atoms with E-state index in [1.807, 2.05) is 37.6 Å². The molecule has 1 aromatic carbocycles. The first kappa shape index (κ1) is 13.1. The Bertz CT molecular complexity index is 675. The molecule has 1 unspecified atom stereocenters. The first-order valence-corrected chi connectivity index (χ1v) is 6.64. The average molecular weight is 268 g/mol. The number of rotatable bonds is 3. The molecule has 0 aliphatic rings. The molecule has 0 saturated heterocycles. The molecule has 1 aromatic heterocycles. The minimum absolute atomic E-state index is 0.118. The average Bonchev–Trinajstić information content (AvgIpc) is 2.85. The number of anilines is 1. The first-order valence-electron chi connectivity index (χ1n) is 5.76. The van der Waals surface area contributed by atoms with Crippen molar-refractivity contribution in [3.63, 3.8) is 0 Å². The van der Waals surface area contributed by atoms with Crippen molar-refractivity contribution in [2.24, 2.45) is 0 Å². The summed E-state index contributed by atoms with van der Waals surface area (Å²) >= 11 is 1.60. The van der Waals surface area contributed by atoms with E-state index in [1.165, 1.54) is 4.88 Å². The largest absolute Gasteiger partial charge is 0.378 e. The van der Waals surface area contributed by atoms with Crippen LogP contribution < -0.4 is 5.32 Å². The Morgan fingerprint density at radius 2 is 2.00 bits per heavy atom. The standard InChI is InChI=1S/C14H12N4S/c1-9-14(19-8-17-9)10(2)18-13-4-3-11(6-15)12(5-13)7-16/h3-5,8,10,18H,1-2H3. The van der Waals surface area contributed by atoms with Gasteiger partial charge in [-0.25, -0.2) is 4.98 Å². The zero-order chi connectivity index (χ0) is 13.8. The molecular weight excluding hydrogens is 256 g/mol. The second-order valence-electron chi connectivity index (χ2n) is 4.15. The number of benzene rings is 1. The van der Waals surface area contributed by atoms with Gasteiger partial charge in [0.1, 0.15) is 12.1 Å². The number of aromatic nitrogens is 1. The molecular formula is C14H12N4S. The van der Waals surface area contributed by atoms with Gasteiger partial charge in [0.25, 0.3) is 0 Å². The number of hydrogen-bond donors (Lipinski definition) is 1. The van der Waals surface area contributed by atoms with Crippen LogP contribution in [0.5, 0.6) is 0 Å². The summed E-state index contributed by atoms with van der Waals surface area (Å²) in [6.07, 6.45) is 0. The fourth-order valence-corrected chi connectivity index (χ4v) is 2.68. The van der Waals surface area contributed by atoms with E-state index < -0.39 is 0 Å². The highest BCUT2D eigenvalue weighted by Gasteiger charge is 2.11. The lowest BCUT2D eigenvalue weighted by molar-refractivity contribution is 0.890. The Morgan fingerprint density at radius 3 is 2.58 bits per heavy atom. The number of nitriles is 2. The maximum atomic E-state index is 9.00. The van der Waals surface area contributed by atoms with Crippen molar-refractivity contribution < 1.29 is 0 Å². The molecule has 0 fully saturated rings. The molecule has 0 saturated carbocycles. The summed E-state index contributed by atoms with van der Waals surface area (Å²) in [5.41, 5.74) is 4.45.